The molecule has 6 nitrogen and oxygen atoms in total. The first-order valence-corrected chi connectivity index (χ1v) is 11.0. The average Bonchev–Trinajstić information content (AvgIpc) is 3.02. The molecule has 0 radical (unpaired) electrons. The summed E-state index contributed by atoms with van der Waals surface area (Å²) >= 11 is 14.1. The summed E-state index contributed by atoms with van der Waals surface area (Å²) in [4.78, 5) is 12.2. The molecule has 0 spiro atoms. The molecule has 1 heterocycles. The minimum atomic E-state index is -0.176. The van der Waals surface area contributed by atoms with Crippen LogP contribution >= 0.6 is 55.2 Å². The predicted molar refractivity (Wildman–Crippen MR) is 118 cm³/mol. The van der Waals surface area contributed by atoms with Gasteiger partial charge in [0, 0.05) is 16.0 Å². The van der Waals surface area contributed by atoms with Gasteiger partial charge in [-0.15, -0.1) is 10.2 Å². The third-order valence-electron chi connectivity index (χ3n) is 3.64. The number of nitrogens with one attached hydrogen (secondary N) is 1. The Balaban J connectivity index is 1.53. The van der Waals surface area contributed by atoms with E-state index in [9.17, 15) is 4.79 Å². The van der Waals surface area contributed by atoms with Crippen molar-refractivity contribution in [1.82, 2.24) is 14.8 Å². The Hall–Kier alpha value is -1.55. The molecule has 28 heavy (non-hydrogen) atoms. The van der Waals surface area contributed by atoms with Crippen LogP contribution in [0.2, 0.25) is 5.02 Å². The Kier molecular flexibility index (Phi) is 7.39. The quantitative estimate of drug-likeness (QED) is 0.407. The maximum Gasteiger partial charge on any atom is 0.234 e. The monoisotopic (exact) mass is 544 g/mol. The molecule has 0 bridgehead atoms. The first-order valence-electron chi connectivity index (χ1n) is 8.06. The Morgan fingerprint density at radius 2 is 1.89 bits per heavy atom. The van der Waals surface area contributed by atoms with E-state index in [1.165, 1.54) is 11.8 Å². The number of hydrogen-bond donors (Lipinski definition) is 1. The number of amides is 1. The lowest BCUT2D eigenvalue weighted by Crippen LogP contribution is -2.15. The lowest BCUT2D eigenvalue weighted by atomic mass is 10.3. The molecule has 3 rings (SSSR count). The van der Waals surface area contributed by atoms with E-state index in [0.717, 1.165) is 14.7 Å². The minimum Gasteiger partial charge on any atom is -0.486 e. The van der Waals surface area contributed by atoms with Crippen molar-refractivity contribution in [3.05, 3.63) is 62.3 Å². The van der Waals surface area contributed by atoms with Gasteiger partial charge < -0.3 is 14.6 Å². The molecule has 0 aliphatic rings. The third kappa shape index (κ3) is 5.73. The number of ether oxygens (including phenoxy) is 1. The van der Waals surface area contributed by atoms with Crippen LogP contribution in [0, 0.1) is 0 Å². The highest BCUT2D eigenvalue weighted by Crippen LogP contribution is 2.26. The molecular weight excluding hydrogens is 532 g/mol. The fraction of sp³-hybridized carbons (Fsp3) is 0.167. The number of aromatic nitrogens is 3. The van der Waals surface area contributed by atoms with E-state index in [4.69, 9.17) is 16.3 Å². The zero-order valence-corrected chi connectivity index (χ0v) is 19.4. The number of thioether (sulfide) groups is 1. The van der Waals surface area contributed by atoms with E-state index in [1.54, 1.807) is 12.1 Å². The van der Waals surface area contributed by atoms with Gasteiger partial charge in [0.1, 0.15) is 12.4 Å². The standard InChI is InChI=1S/C18H15Br2ClN4O2S/c1-25-16(9-27-13-5-2-11(19)3-6-13)23-24-18(25)28-10-17(26)22-15-7-4-12(20)8-14(15)21/h2-8H,9-10H2,1H3,(H,22,26). The normalized spacial score (nSPS) is 10.7. The summed E-state index contributed by atoms with van der Waals surface area (Å²) in [5.74, 6) is 1.42. The van der Waals surface area contributed by atoms with Gasteiger partial charge in [-0.2, -0.15) is 0 Å². The molecule has 146 valence electrons. The van der Waals surface area contributed by atoms with Gasteiger partial charge >= 0.3 is 0 Å². The molecule has 10 heteroatoms. The Bertz CT molecular complexity index is 982. The van der Waals surface area contributed by atoms with Gasteiger partial charge in [0.2, 0.25) is 5.91 Å². The van der Waals surface area contributed by atoms with Crippen molar-refractivity contribution in [1.29, 1.82) is 0 Å². The van der Waals surface area contributed by atoms with Crippen LogP contribution < -0.4 is 10.1 Å². The maximum atomic E-state index is 12.2. The zero-order chi connectivity index (χ0) is 20.1. The Labute approximate surface area is 188 Å². The summed E-state index contributed by atoms with van der Waals surface area (Å²) in [7, 11) is 1.84. The van der Waals surface area contributed by atoms with Crippen molar-refractivity contribution < 1.29 is 9.53 Å². The van der Waals surface area contributed by atoms with Crippen LogP contribution in [0.15, 0.2) is 56.6 Å². The van der Waals surface area contributed by atoms with Crippen LogP contribution in [0.25, 0.3) is 0 Å². The van der Waals surface area contributed by atoms with Gasteiger partial charge in [0.05, 0.1) is 16.5 Å². The second-order valence-electron chi connectivity index (χ2n) is 5.66. The summed E-state index contributed by atoms with van der Waals surface area (Å²) in [5.41, 5.74) is 0.567. The number of anilines is 1. The molecule has 0 saturated carbocycles. The van der Waals surface area contributed by atoms with Crippen LogP contribution in [-0.4, -0.2) is 26.4 Å². The lowest BCUT2D eigenvalue weighted by molar-refractivity contribution is -0.113. The summed E-state index contributed by atoms with van der Waals surface area (Å²) in [5, 5.41) is 12.1. The fourth-order valence-corrected chi connectivity index (χ4v) is 3.90. The van der Waals surface area contributed by atoms with Crippen molar-refractivity contribution >= 4 is 66.8 Å². The number of halogens is 3. The van der Waals surface area contributed by atoms with Gasteiger partial charge in [0.15, 0.2) is 11.0 Å². The van der Waals surface area contributed by atoms with Crippen molar-refractivity contribution in [2.24, 2.45) is 7.05 Å². The number of carbonyl (C=O) groups is 1. The van der Waals surface area contributed by atoms with Crippen LogP contribution in [0.3, 0.4) is 0 Å². The molecule has 2 aromatic carbocycles. The lowest BCUT2D eigenvalue weighted by Gasteiger charge is -2.08. The second kappa shape index (κ2) is 9.78. The highest BCUT2D eigenvalue weighted by atomic mass is 79.9. The minimum absolute atomic E-state index is 0.176. The summed E-state index contributed by atoms with van der Waals surface area (Å²) < 4.78 is 9.36. The van der Waals surface area contributed by atoms with E-state index in [0.29, 0.717) is 21.7 Å². The Morgan fingerprint density at radius 3 is 2.61 bits per heavy atom. The number of benzene rings is 2. The molecule has 1 aromatic heterocycles. The molecule has 0 fully saturated rings. The van der Waals surface area contributed by atoms with Gasteiger partial charge in [-0.25, -0.2) is 0 Å². The highest BCUT2D eigenvalue weighted by Gasteiger charge is 2.13. The summed E-state index contributed by atoms with van der Waals surface area (Å²) in [6.45, 7) is 0.284. The average molecular weight is 547 g/mol. The molecular formula is C18H15Br2ClN4O2S. The van der Waals surface area contributed by atoms with Gasteiger partial charge in [0.25, 0.3) is 0 Å². The van der Waals surface area contributed by atoms with Gasteiger partial charge in [-0.1, -0.05) is 55.2 Å². The van der Waals surface area contributed by atoms with Crippen molar-refractivity contribution in [3.63, 3.8) is 0 Å². The number of carbonyl (C=O) groups excluding carboxylic acids is 1. The number of rotatable bonds is 7. The molecule has 3 aromatic rings. The maximum absolute atomic E-state index is 12.2. The summed E-state index contributed by atoms with van der Waals surface area (Å²) in [6, 6.07) is 12.8. The SMILES string of the molecule is Cn1c(COc2ccc(Br)cc2)nnc1SCC(=O)Nc1ccc(Br)cc1Cl. The van der Waals surface area contributed by atoms with E-state index in [1.807, 2.05) is 41.9 Å². The van der Waals surface area contributed by atoms with E-state index < -0.39 is 0 Å². The first-order chi connectivity index (χ1) is 13.4. The van der Waals surface area contributed by atoms with Crippen LogP contribution in [0.1, 0.15) is 5.82 Å². The molecule has 0 unspecified atom stereocenters. The van der Waals surface area contributed by atoms with Crippen LogP contribution in [0.5, 0.6) is 5.75 Å². The van der Waals surface area contributed by atoms with Crippen molar-refractivity contribution in [2.75, 3.05) is 11.1 Å². The third-order valence-corrected chi connectivity index (χ3v) is 6.00. The van der Waals surface area contributed by atoms with E-state index in [-0.39, 0.29) is 18.3 Å². The molecule has 0 atom stereocenters. The molecule has 1 amide bonds. The summed E-state index contributed by atoms with van der Waals surface area (Å²) in [6.07, 6.45) is 0. The molecule has 1 N–H and O–H groups in total. The van der Waals surface area contributed by atoms with E-state index >= 15 is 0 Å². The number of nitrogens with zero attached hydrogens (tertiary/aromatic N) is 3. The van der Waals surface area contributed by atoms with Crippen molar-refractivity contribution in [3.8, 4) is 5.75 Å². The smallest absolute Gasteiger partial charge is 0.234 e. The van der Waals surface area contributed by atoms with Gasteiger partial charge in [-0.3, -0.25) is 4.79 Å². The Morgan fingerprint density at radius 1 is 1.18 bits per heavy atom. The van der Waals surface area contributed by atoms with Gasteiger partial charge in [-0.05, 0) is 42.5 Å². The molecule has 0 aliphatic heterocycles. The second-order valence-corrected chi connectivity index (χ2v) is 8.84. The topological polar surface area (TPSA) is 69.0 Å². The molecule has 0 saturated heterocycles. The van der Waals surface area contributed by atoms with Crippen LogP contribution in [0.4, 0.5) is 5.69 Å². The highest BCUT2D eigenvalue weighted by molar-refractivity contribution is 9.10. The first kappa shape index (κ1) is 21.2. The largest absolute Gasteiger partial charge is 0.486 e. The zero-order valence-electron chi connectivity index (χ0n) is 14.7. The van der Waals surface area contributed by atoms with Crippen LogP contribution in [-0.2, 0) is 18.4 Å². The van der Waals surface area contributed by atoms with Crippen molar-refractivity contribution in [2.45, 2.75) is 11.8 Å². The fourth-order valence-electron chi connectivity index (χ4n) is 2.18. The van der Waals surface area contributed by atoms with E-state index in [2.05, 4.69) is 47.4 Å². The predicted octanol–water partition coefficient (Wildman–Crippen LogP) is 5.30. The molecule has 0 aliphatic carbocycles. The number of hydrogen-bond acceptors (Lipinski definition) is 5.